The van der Waals surface area contributed by atoms with Crippen LogP contribution < -0.4 is 9.04 Å². The third kappa shape index (κ3) is 5.39. The van der Waals surface area contributed by atoms with Gasteiger partial charge in [0.15, 0.2) is 5.78 Å². The molecule has 2 aliphatic heterocycles. The fraction of sp³-hybridized carbons (Fsp3) is 0.500. The van der Waals surface area contributed by atoms with Crippen molar-refractivity contribution >= 4 is 21.5 Å². The zero-order valence-corrected chi connectivity index (χ0v) is 21.1. The van der Waals surface area contributed by atoms with Crippen LogP contribution in [0.4, 0.5) is 18.9 Å². The summed E-state index contributed by atoms with van der Waals surface area (Å²) in [5, 5.41) is 0. The lowest BCUT2D eigenvalue weighted by Crippen LogP contribution is -2.43. The number of anilines is 1. The van der Waals surface area contributed by atoms with Gasteiger partial charge in [0.25, 0.3) is 10.0 Å². The third-order valence-electron chi connectivity index (χ3n) is 6.90. The number of fused-ring (bicyclic) bond motifs is 1. The van der Waals surface area contributed by atoms with Gasteiger partial charge in [0.1, 0.15) is 5.75 Å². The molecule has 0 bridgehead atoms. The highest BCUT2D eigenvalue weighted by Crippen LogP contribution is 2.40. The van der Waals surface area contributed by atoms with Crippen LogP contribution in [0.5, 0.6) is 5.75 Å². The molecular formula is C26H30F3NO5S. The van der Waals surface area contributed by atoms with Crippen LogP contribution in [0.1, 0.15) is 61.0 Å². The van der Waals surface area contributed by atoms with Crippen LogP contribution in [-0.2, 0) is 27.4 Å². The van der Waals surface area contributed by atoms with Crippen molar-refractivity contribution in [2.24, 2.45) is 5.92 Å². The van der Waals surface area contributed by atoms with Gasteiger partial charge in [-0.05, 0) is 86.9 Å². The van der Waals surface area contributed by atoms with Crippen LogP contribution in [0.2, 0.25) is 0 Å². The Morgan fingerprint density at radius 3 is 2.47 bits per heavy atom. The molecule has 196 valence electrons. The van der Waals surface area contributed by atoms with Crippen molar-refractivity contribution in [3.8, 4) is 5.75 Å². The molecule has 0 N–H and O–H groups in total. The van der Waals surface area contributed by atoms with Gasteiger partial charge >= 0.3 is 6.18 Å². The Bertz CT molecular complexity index is 1220. The minimum atomic E-state index is -4.52. The molecule has 4 rings (SSSR count). The summed E-state index contributed by atoms with van der Waals surface area (Å²) in [6.45, 7) is 4.90. The summed E-state index contributed by atoms with van der Waals surface area (Å²) in [5.74, 6) is 0.266. The van der Waals surface area contributed by atoms with Crippen LogP contribution >= 0.6 is 0 Å². The zero-order chi connectivity index (χ0) is 26.1. The fourth-order valence-electron chi connectivity index (χ4n) is 4.81. The van der Waals surface area contributed by atoms with E-state index in [1.54, 1.807) is 0 Å². The summed E-state index contributed by atoms with van der Waals surface area (Å²) in [4.78, 5) is 12.3. The number of ketones is 1. The van der Waals surface area contributed by atoms with Gasteiger partial charge in [-0.2, -0.15) is 13.2 Å². The van der Waals surface area contributed by atoms with Crippen LogP contribution in [0, 0.1) is 5.92 Å². The van der Waals surface area contributed by atoms with Gasteiger partial charge in [-0.3, -0.25) is 9.10 Å². The lowest BCUT2D eigenvalue weighted by molar-refractivity contribution is -0.137. The summed E-state index contributed by atoms with van der Waals surface area (Å²) in [6.07, 6.45) is -1.57. The topological polar surface area (TPSA) is 72.9 Å². The Hall–Kier alpha value is -2.59. The number of alkyl halides is 3. The number of nitrogens with zero attached hydrogens (tertiary/aromatic N) is 1. The number of benzene rings is 2. The molecule has 0 spiro atoms. The number of aryl methyl sites for hydroxylation is 1. The van der Waals surface area contributed by atoms with E-state index in [1.165, 1.54) is 35.5 Å². The second-order valence-electron chi connectivity index (χ2n) is 9.32. The maximum Gasteiger partial charge on any atom is 0.416 e. The maximum atomic E-state index is 13.8. The Morgan fingerprint density at radius 2 is 1.83 bits per heavy atom. The number of ether oxygens (including phenoxy) is 2. The summed E-state index contributed by atoms with van der Waals surface area (Å²) in [5.41, 5.74) is -0.0779. The Kier molecular flexibility index (Phi) is 7.66. The van der Waals surface area contributed by atoms with Crippen molar-refractivity contribution in [3.05, 3.63) is 53.1 Å². The number of hydrogen-bond acceptors (Lipinski definition) is 5. The number of rotatable bonds is 7. The number of carbonyl (C=O) groups is 1. The SMILES string of the molecule is CCC1CCc2cc(C(F)(F)F)ccc2N1S(=O)(=O)c1ccc(OCC2CCOCC2)c(C(C)=O)c1. The molecule has 2 aromatic rings. The summed E-state index contributed by atoms with van der Waals surface area (Å²) in [6, 6.07) is 6.94. The summed E-state index contributed by atoms with van der Waals surface area (Å²) in [7, 11) is -4.17. The zero-order valence-electron chi connectivity index (χ0n) is 20.3. The molecule has 2 aromatic carbocycles. The molecule has 1 fully saturated rings. The predicted molar refractivity (Wildman–Crippen MR) is 129 cm³/mol. The lowest BCUT2D eigenvalue weighted by atomic mass is 9.95. The summed E-state index contributed by atoms with van der Waals surface area (Å²) >= 11 is 0. The molecule has 1 atom stereocenters. The standard InChI is InChI=1S/C26H30F3NO5S/c1-3-21-6-4-19-14-20(26(27,28)29)5-8-24(19)30(21)36(32,33)22-7-9-25(23(15-22)17(2)31)35-16-18-10-12-34-13-11-18/h5,7-9,14-15,18,21H,3-4,6,10-13,16H2,1-2H3. The first-order chi connectivity index (χ1) is 17.0. The van der Waals surface area contributed by atoms with E-state index >= 15 is 0 Å². The van der Waals surface area contributed by atoms with Crippen molar-refractivity contribution in [1.29, 1.82) is 0 Å². The Balaban J connectivity index is 1.68. The number of carbonyl (C=O) groups excluding carboxylic acids is 1. The lowest BCUT2D eigenvalue weighted by Gasteiger charge is -2.38. The second kappa shape index (κ2) is 10.4. The molecule has 0 aliphatic carbocycles. The molecule has 1 saturated heterocycles. The van der Waals surface area contributed by atoms with Gasteiger partial charge in [0.05, 0.1) is 28.3 Å². The normalized spacial score (nSPS) is 19.1. The van der Waals surface area contributed by atoms with Crippen molar-refractivity contribution in [1.82, 2.24) is 0 Å². The van der Waals surface area contributed by atoms with Gasteiger partial charge in [0.2, 0.25) is 0 Å². The Morgan fingerprint density at radius 1 is 1.11 bits per heavy atom. The van der Waals surface area contributed by atoms with Crippen molar-refractivity contribution < 1.29 is 35.9 Å². The van der Waals surface area contributed by atoms with Crippen molar-refractivity contribution in [2.45, 2.75) is 63.1 Å². The smallest absolute Gasteiger partial charge is 0.416 e. The third-order valence-corrected chi connectivity index (χ3v) is 8.76. The fourth-order valence-corrected chi connectivity index (χ4v) is 6.63. The monoisotopic (exact) mass is 525 g/mol. The van der Waals surface area contributed by atoms with Gasteiger partial charge in [-0.15, -0.1) is 0 Å². The molecule has 10 heteroatoms. The minimum absolute atomic E-state index is 0.0997. The van der Waals surface area contributed by atoms with E-state index in [9.17, 15) is 26.4 Å². The van der Waals surface area contributed by atoms with Crippen LogP contribution in [0.3, 0.4) is 0 Å². The number of halogens is 3. The highest BCUT2D eigenvalue weighted by molar-refractivity contribution is 7.92. The molecule has 2 aliphatic rings. The van der Waals surface area contributed by atoms with E-state index in [2.05, 4.69) is 0 Å². The second-order valence-corrected chi connectivity index (χ2v) is 11.1. The first-order valence-corrected chi connectivity index (χ1v) is 13.6. The molecule has 2 heterocycles. The molecule has 0 aromatic heterocycles. The highest BCUT2D eigenvalue weighted by Gasteiger charge is 2.38. The molecular weight excluding hydrogens is 495 g/mol. The van der Waals surface area contributed by atoms with E-state index in [4.69, 9.17) is 9.47 Å². The Labute approximate surface area is 209 Å². The first kappa shape index (κ1) is 26.5. The van der Waals surface area contributed by atoms with Crippen molar-refractivity contribution in [3.63, 3.8) is 0 Å². The average molecular weight is 526 g/mol. The quantitative estimate of drug-likeness (QED) is 0.438. The van der Waals surface area contributed by atoms with Crippen LogP contribution in [0.25, 0.3) is 0 Å². The molecule has 0 radical (unpaired) electrons. The molecule has 36 heavy (non-hydrogen) atoms. The molecule has 0 amide bonds. The van der Waals surface area contributed by atoms with E-state index in [-0.39, 0.29) is 21.9 Å². The number of Topliss-reactive ketones (excluding diaryl/α,β-unsaturated/α-hetero) is 1. The van der Waals surface area contributed by atoms with Gasteiger partial charge in [-0.25, -0.2) is 8.42 Å². The number of hydrogen-bond donors (Lipinski definition) is 0. The largest absolute Gasteiger partial charge is 0.493 e. The minimum Gasteiger partial charge on any atom is -0.493 e. The molecule has 0 saturated carbocycles. The first-order valence-electron chi connectivity index (χ1n) is 12.1. The van der Waals surface area contributed by atoms with Gasteiger partial charge < -0.3 is 9.47 Å². The molecule has 1 unspecified atom stereocenters. The predicted octanol–water partition coefficient (Wildman–Crippen LogP) is 5.63. The van der Waals surface area contributed by atoms with E-state index in [0.29, 0.717) is 56.3 Å². The number of sulfonamides is 1. The average Bonchev–Trinajstić information content (AvgIpc) is 2.86. The van der Waals surface area contributed by atoms with E-state index in [0.717, 1.165) is 25.0 Å². The van der Waals surface area contributed by atoms with Gasteiger partial charge in [-0.1, -0.05) is 6.92 Å². The van der Waals surface area contributed by atoms with E-state index < -0.39 is 27.8 Å². The van der Waals surface area contributed by atoms with Crippen LogP contribution in [0.15, 0.2) is 41.3 Å². The summed E-state index contributed by atoms with van der Waals surface area (Å²) < 4.78 is 79.9. The molecule has 6 nitrogen and oxygen atoms in total. The highest BCUT2D eigenvalue weighted by atomic mass is 32.2. The van der Waals surface area contributed by atoms with Crippen molar-refractivity contribution in [2.75, 3.05) is 24.1 Å². The van der Waals surface area contributed by atoms with E-state index in [1.807, 2.05) is 6.92 Å². The van der Waals surface area contributed by atoms with Gasteiger partial charge in [0, 0.05) is 19.3 Å². The van der Waals surface area contributed by atoms with Crippen LogP contribution in [-0.4, -0.2) is 40.1 Å². The maximum absolute atomic E-state index is 13.8.